The van der Waals surface area contributed by atoms with Crippen molar-refractivity contribution in [3.63, 3.8) is 0 Å². The number of carbonyl (C=O) groups excluding carboxylic acids is 1. The maximum atomic E-state index is 12.5. The van der Waals surface area contributed by atoms with Gasteiger partial charge in [-0.25, -0.2) is 0 Å². The molecule has 0 aliphatic heterocycles. The van der Waals surface area contributed by atoms with Crippen LogP contribution in [0.15, 0.2) is 48.5 Å². The second-order valence-corrected chi connectivity index (χ2v) is 8.68. The Morgan fingerprint density at radius 3 is 2.63 bits per heavy atom. The number of nitrogens with one attached hydrogen (secondary N) is 1. The summed E-state index contributed by atoms with van der Waals surface area (Å²) in [7, 11) is 1.70. The van der Waals surface area contributed by atoms with Crippen LogP contribution in [-0.2, 0) is 19.6 Å². The van der Waals surface area contributed by atoms with Gasteiger partial charge in [0.15, 0.2) is 0 Å². The largest absolute Gasteiger partial charge is 0.496 e. The van der Waals surface area contributed by atoms with Gasteiger partial charge in [-0.1, -0.05) is 59.4 Å². The molecule has 7 heteroatoms. The Bertz CT molecular complexity index is 998. The van der Waals surface area contributed by atoms with Crippen molar-refractivity contribution in [2.24, 2.45) is 0 Å². The molecule has 0 bridgehead atoms. The van der Waals surface area contributed by atoms with Crippen LogP contribution in [0.5, 0.6) is 5.75 Å². The molecule has 2 aromatic carbocycles. The van der Waals surface area contributed by atoms with Crippen molar-refractivity contribution in [2.75, 3.05) is 7.11 Å². The van der Waals surface area contributed by atoms with Gasteiger partial charge in [0.1, 0.15) is 10.8 Å². The Hall–Kier alpha value is -2.77. The summed E-state index contributed by atoms with van der Waals surface area (Å²) >= 11 is 1.37. The molecule has 4 rings (SSSR count). The molecule has 6 nitrogen and oxygen atoms in total. The third-order valence-electron chi connectivity index (χ3n) is 5.20. The zero-order valence-corrected chi connectivity index (χ0v) is 18.1. The fourth-order valence-corrected chi connectivity index (χ4v) is 4.13. The number of aromatic nitrogens is 2. The van der Waals surface area contributed by atoms with Gasteiger partial charge in [0.05, 0.1) is 13.7 Å². The maximum absolute atomic E-state index is 12.5. The molecule has 0 saturated heterocycles. The molecule has 1 N–H and O–H groups in total. The number of hydrogen-bond donors (Lipinski definition) is 1. The van der Waals surface area contributed by atoms with E-state index in [9.17, 15) is 4.79 Å². The molecule has 3 aromatic rings. The monoisotopic (exact) mass is 422 g/mol. The van der Waals surface area contributed by atoms with Crippen molar-refractivity contribution in [2.45, 2.75) is 45.4 Å². The van der Waals surface area contributed by atoms with Gasteiger partial charge in [0, 0.05) is 24.7 Å². The fraction of sp³-hybridized carbons (Fsp3) is 0.348. The van der Waals surface area contributed by atoms with E-state index < -0.39 is 0 Å². The van der Waals surface area contributed by atoms with Gasteiger partial charge in [-0.05, 0) is 31.4 Å². The maximum Gasteiger partial charge on any atom is 0.282 e. The normalized spacial score (nSPS) is 13.4. The molecule has 1 heterocycles. The van der Waals surface area contributed by atoms with Gasteiger partial charge in [-0.3, -0.25) is 9.69 Å². The van der Waals surface area contributed by atoms with E-state index in [-0.39, 0.29) is 5.91 Å². The van der Waals surface area contributed by atoms with Crippen molar-refractivity contribution in [1.82, 2.24) is 20.4 Å². The Labute approximate surface area is 180 Å². The number of amides is 1. The summed E-state index contributed by atoms with van der Waals surface area (Å²) in [4.78, 5) is 14.9. The molecule has 0 unspecified atom stereocenters. The Kier molecular flexibility index (Phi) is 6.40. The van der Waals surface area contributed by atoms with Crippen molar-refractivity contribution >= 4 is 17.2 Å². The minimum absolute atomic E-state index is 0.179. The molecule has 30 heavy (non-hydrogen) atoms. The first-order valence-corrected chi connectivity index (χ1v) is 11.0. The first-order valence-electron chi connectivity index (χ1n) is 10.1. The zero-order chi connectivity index (χ0) is 20.9. The lowest BCUT2D eigenvalue weighted by Gasteiger charge is -2.21. The Morgan fingerprint density at radius 1 is 1.13 bits per heavy atom. The number of ether oxygens (including phenoxy) is 1. The lowest BCUT2D eigenvalue weighted by Crippen LogP contribution is -2.25. The van der Waals surface area contributed by atoms with Crippen LogP contribution < -0.4 is 10.1 Å². The minimum atomic E-state index is -0.179. The molecule has 1 amide bonds. The molecule has 156 valence electrons. The van der Waals surface area contributed by atoms with E-state index >= 15 is 0 Å². The number of methoxy groups -OCH3 is 1. The van der Waals surface area contributed by atoms with Crippen LogP contribution in [0.3, 0.4) is 0 Å². The number of hydrogen-bond acceptors (Lipinski definition) is 6. The number of rotatable bonds is 9. The van der Waals surface area contributed by atoms with E-state index in [0.717, 1.165) is 28.4 Å². The van der Waals surface area contributed by atoms with E-state index in [1.165, 1.54) is 29.7 Å². The van der Waals surface area contributed by atoms with E-state index in [0.29, 0.717) is 24.1 Å². The Morgan fingerprint density at radius 2 is 1.90 bits per heavy atom. The molecule has 0 spiro atoms. The average molecular weight is 423 g/mol. The highest BCUT2D eigenvalue weighted by atomic mass is 32.1. The molecule has 1 aliphatic carbocycles. The SMILES string of the molecule is COc1ccccc1CN(Cc1nnc(C(=O)NCc2ccc(C)cc2)s1)C1CC1. The van der Waals surface area contributed by atoms with Crippen LogP contribution in [0.2, 0.25) is 0 Å². The summed E-state index contributed by atoms with van der Waals surface area (Å²) in [5, 5.41) is 12.6. The van der Waals surface area contributed by atoms with Gasteiger partial charge in [0.25, 0.3) is 5.91 Å². The van der Waals surface area contributed by atoms with Crippen molar-refractivity contribution < 1.29 is 9.53 Å². The molecule has 1 aromatic heterocycles. The standard InChI is InChI=1S/C23H26N4O2S/c1-16-7-9-17(10-8-16)13-24-22(28)23-26-25-21(30-23)15-27(19-11-12-19)14-18-5-3-4-6-20(18)29-2/h3-10,19H,11-15H2,1-2H3,(H,24,28). The lowest BCUT2D eigenvalue weighted by molar-refractivity contribution is 0.0950. The molecular weight excluding hydrogens is 396 g/mol. The summed E-state index contributed by atoms with van der Waals surface area (Å²) in [6.07, 6.45) is 2.38. The van der Waals surface area contributed by atoms with E-state index in [1.54, 1.807) is 7.11 Å². The highest BCUT2D eigenvalue weighted by molar-refractivity contribution is 7.13. The Balaban J connectivity index is 1.37. The average Bonchev–Trinajstić information content (AvgIpc) is 3.51. The number of para-hydroxylation sites is 1. The predicted molar refractivity (Wildman–Crippen MR) is 118 cm³/mol. The minimum Gasteiger partial charge on any atom is -0.496 e. The molecule has 1 fully saturated rings. The highest BCUT2D eigenvalue weighted by Crippen LogP contribution is 2.32. The van der Waals surface area contributed by atoms with E-state index in [1.807, 2.05) is 49.4 Å². The van der Waals surface area contributed by atoms with Gasteiger partial charge in [0.2, 0.25) is 5.01 Å². The third kappa shape index (κ3) is 5.23. The molecule has 0 radical (unpaired) electrons. The second kappa shape index (κ2) is 9.36. The predicted octanol–water partition coefficient (Wildman–Crippen LogP) is 3.95. The van der Waals surface area contributed by atoms with Crippen LogP contribution in [0, 0.1) is 6.92 Å². The van der Waals surface area contributed by atoms with Gasteiger partial charge in [-0.2, -0.15) is 0 Å². The fourth-order valence-electron chi connectivity index (χ4n) is 3.35. The van der Waals surface area contributed by atoms with Gasteiger partial charge in [-0.15, -0.1) is 10.2 Å². The molecule has 0 atom stereocenters. The molecule has 1 saturated carbocycles. The summed E-state index contributed by atoms with van der Waals surface area (Å²) in [5.41, 5.74) is 3.43. The molecule has 1 aliphatic rings. The van der Waals surface area contributed by atoms with Crippen molar-refractivity contribution in [3.8, 4) is 5.75 Å². The summed E-state index contributed by atoms with van der Waals surface area (Å²) in [6, 6.07) is 16.8. The number of nitrogens with zero attached hydrogens (tertiary/aromatic N) is 3. The van der Waals surface area contributed by atoms with Crippen LogP contribution in [0.25, 0.3) is 0 Å². The summed E-state index contributed by atoms with van der Waals surface area (Å²) in [5.74, 6) is 0.721. The topological polar surface area (TPSA) is 67.3 Å². The summed E-state index contributed by atoms with van der Waals surface area (Å²) in [6.45, 7) is 4.01. The van der Waals surface area contributed by atoms with Gasteiger partial charge < -0.3 is 10.1 Å². The summed E-state index contributed by atoms with van der Waals surface area (Å²) < 4.78 is 5.50. The quantitative estimate of drug-likeness (QED) is 0.566. The van der Waals surface area contributed by atoms with Crippen LogP contribution >= 0.6 is 11.3 Å². The number of benzene rings is 2. The van der Waals surface area contributed by atoms with Crippen LogP contribution in [0.1, 0.15) is 44.3 Å². The van der Waals surface area contributed by atoms with E-state index in [2.05, 4.69) is 26.5 Å². The zero-order valence-electron chi connectivity index (χ0n) is 17.3. The lowest BCUT2D eigenvalue weighted by atomic mass is 10.1. The van der Waals surface area contributed by atoms with E-state index in [4.69, 9.17) is 4.74 Å². The van der Waals surface area contributed by atoms with Crippen LogP contribution in [-0.4, -0.2) is 34.2 Å². The third-order valence-corrected chi connectivity index (χ3v) is 6.11. The van der Waals surface area contributed by atoms with Crippen LogP contribution in [0.4, 0.5) is 0 Å². The first-order chi connectivity index (χ1) is 14.6. The molecular formula is C23H26N4O2S. The smallest absolute Gasteiger partial charge is 0.282 e. The van der Waals surface area contributed by atoms with Crippen molar-refractivity contribution in [1.29, 1.82) is 0 Å². The van der Waals surface area contributed by atoms with Crippen molar-refractivity contribution in [3.05, 3.63) is 75.2 Å². The second-order valence-electron chi connectivity index (χ2n) is 7.62. The number of aryl methyl sites for hydroxylation is 1. The highest BCUT2D eigenvalue weighted by Gasteiger charge is 2.30. The van der Waals surface area contributed by atoms with Gasteiger partial charge >= 0.3 is 0 Å². The number of carbonyl (C=O) groups is 1. The first kappa shape index (κ1) is 20.5.